The number of nitrogen functional groups attached to an aromatic ring is 1. The Bertz CT molecular complexity index is 692. The van der Waals surface area contributed by atoms with Crippen molar-refractivity contribution in [3.05, 3.63) is 52.9 Å². The molecule has 0 aliphatic carbocycles. The third kappa shape index (κ3) is 2.27. The molecule has 0 aliphatic heterocycles. The first-order valence-corrected chi connectivity index (χ1v) is 7.00. The molecule has 19 heavy (non-hydrogen) atoms. The smallest absolute Gasteiger partial charge is 0.0745 e. The van der Waals surface area contributed by atoms with Crippen LogP contribution in [0.15, 0.2) is 48.0 Å². The number of nitrogens with two attached hydrogens (primary N) is 1. The number of nitrogens with zero attached hydrogens (tertiary/aromatic N) is 2. The lowest BCUT2D eigenvalue weighted by Crippen LogP contribution is -2.17. The van der Waals surface area contributed by atoms with Crippen LogP contribution < -0.4 is 10.6 Å². The van der Waals surface area contributed by atoms with Crippen LogP contribution in [-0.4, -0.2) is 12.0 Å². The van der Waals surface area contributed by atoms with E-state index in [-0.39, 0.29) is 0 Å². The molecule has 2 N–H and O–H groups in total. The van der Waals surface area contributed by atoms with Gasteiger partial charge in [0.15, 0.2) is 0 Å². The monoisotopic (exact) mass is 269 g/mol. The summed E-state index contributed by atoms with van der Waals surface area (Å²) in [5.41, 5.74) is 8.87. The van der Waals surface area contributed by atoms with Crippen LogP contribution in [0.25, 0.3) is 10.9 Å². The highest BCUT2D eigenvalue weighted by molar-refractivity contribution is 7.09. The molecule has 96 valence electrons. The van der Waals surface area contributed by atoms with Crippen LogP contribution in [0.2, 0.25) is 0 Å². The van der Waals surface area contributed by atoms with Gasteiger partial charge in [-0.1, -0.05) is 24.3 Å². The molecule has 0 fully saturated rings. The molecule has 0 aliphatic rings. The molecular weight excluding hydrogens is 254 g/mol. The minimum absolute atomic E-state index is 0.720. The molecule has 0 radical (unpaired) electrons. The van der Waals surface area contributed by atoms with E-state index in [0.29, 0.717) is 0 Å². The third-order valence-electron chi connectivity index (χ3n) is 3.13. The van der Waals surface area contributed by atoms with Gasteiger partial charge in [-0.15, -0.1) is 11.3 Å². The fourth-order valence-corrected chi connectivity index (χ4v) is 3.04. The molecule has 4 heteroatoms. The Kier molecular flexibility index (Phi) is 3.09. The van der Waals surface area contributed by atoms with E-state index in [9.17, 15) is 0 Å². The summed E-state index contributed by atoms with van der Waals surface area (Å²) in [7, 11) is 2.07. The molecule has 2 heterocycles. The van der Waals surface area contributed by atoms with E-state index in [2.05, 4.69) is 40.5 Å². The van der Waals surface area contributed by atoms with Crippen molar-refractivity contribution in [2.75, 3.05) is 17.7 Å². The van der Waals surface area contributed by atoms with Gasteiger partial charge >= 0.3 is 0 Å². The van der Waals surface area contributed by atoms with Gasteiger partial charge in [-0.25, -0.2) is 0 Å². The average Bonchev–Trinajstić information content (AvgIpc) is 2.91. The molecule has 1 aromatic carbocycles. The van der Waals surface area contributed by atoms with Crippen LogP contribution in [0.4, 0.5) is 11.4 Å². The second kappa shape index (κ2) is 4.90. The second-order valence-electron chi connectivity index (χ2n) is 4.51. The molecule has 0 amide bonds. The number of benzene rings is 1. The normalized spacial score (nSPS) is 10.8. The number of thiophene rings is 1. The van der Waals surface area contributed by atoms with Gasteiger partial charge in [0.1, 0.15) is 0 Å². The van der Waals surface area contributed by atoms with Crippen LogP contribution in [-0.2, 0) is 6.54 Å². The van der Waals surface area contributed by atoms with E-state index in [4.69, 9.17) is 5.73 Å². The van der Waals surface area contributed by atoms with Crippen molar-refractivity contribution in [1.82, 2.24) is 4.98 Å². The van der Waals surface area contributed by atoms with Gasteiger partial charge in [0, 0.05) is 17.3 Å². The maximum absolute atomic E-state index is 6.12. The summed E-state index contributed by atoms with van der Waals surface area (Å²) in [5.74, 6) is 0. The van der Waals surface area contributed by atoms with Gasteiger partial charge in [0.25, 0.3) is 0 Å². The predicted octanol–water partition coefficient (Wildman–Crippen LogP) is 3.51. The van der Waals surface area contributed by atoms with Crippen LogP contribution in [0.3, 0.4) is 0 Å². The number of aromatic nitrogens is 1. The first kappa shape index (κ1) is 12.0. The molecule has 3 rings (SSSR count). The lowest BCUT2D eigenvalue weighted by Gasteiger charge is -2.22. The van der Waals surface area contributed by atoms with Crippen molar-refractivity contribution >= 4 is 33.6 Å². The zero-order valence-electron chi connectivity index (χ0n) is 10.7. The summed E-state index contributed by atoms with van der Waals surface area (Å²) in [6, 6.07) is 12.3. The minimum Gasteiger partial charge on any atom is -0.396 e. The number of anilines is 2. The summed E-state index contributed by atoms with van der Waals surface area (Å²) in [5, 5.41) is 3.19. The highest BCUT2D eigenvalue weighted by atomic mass is 32.1. The largest absolute Gasteiger partial charge is 0.396 e. The minimum atomic E-state index is 0.720. The predicted molar refractivity (Wildman–Crippen MR) is 82.6 cm³/mol. The van der Waals surface area contributed by atoms with Crippen molar-refractivity contribution < 1.29 is 0 Å². The van der Waals surface area contributed by atoms with Gasteiger partial charge in [0.2, 0.25) is 0 Å². The summed E-state index contributed by atoms with van der Waals surface area (Å²) < 4.78 is 0. The molecule has 3 nitrogen and oxygen atoms in total. The van der Waals surface area contributed by atoms with E-state index < -0.39 is 0 Å². The summed E-state index contributed by atoms with van der Waals surface area (Å²) >= 11 is 1.76. The number of para-hydroxylation sites is 1. The number of hydrogen-bond donors (Lipinski definition) is 1. The fraction of sp³-hybridized carbons (Fsp3) is 0.133. The van der Waals surface area contributed by atoms with Crippen LogP contribution in [0, 0.1) is 0 Å². The molecule has 0 spiro atoms. The first-order chi connectivity index (χ1) is 9.25. The summed E-state index contributed by atoms with van der Waals surface area (Å²) in [4.78, 5) is 7.88. The molecule has 0 saturated carbocycles. The zero-order chi connectivity index (χ0) is 13.2. The van der Waals surface area contributed by atoms with Gasteiger partial charge in [-0.05, 0) is 17.5 Å². The molecule has 0 saturated heterocycles. The van der Waals surface area contributed by atoms with E-state index >= 15 is 0 Å². The Balaban J connectivity index is 2.05. The Morgan fingerprint density at radius 2 is 2.05 bits per heavy atom. The molecule has 3 aromatic rings. The third-order valence-corrected chi connectivity index (χ3v) is 3.99. The summed E-state index contributed by atoms with van der Waals surface area (Å²) in [6.07, 6.45) is 1.74. The molecule has 2 aromatic heterocycles. The van der Waals surface area contributed by atoms with E-state index in [1.165, 1.54) is 4.88 Å². The summed E-state index contributed by atoms with van der Waals surface area (Å²) in [6.45, 7) is 0.857. The van der Waals surface area contributed by atoms with Crippen molar-refractivity contribution in [3.63, 3.8) is 0 Å². The lowest BCUT2D eigenvalue weighted by atomic mass is 10.1. The number of pyridine rings is 1. The topological polar surface area (TPSA) is 42.1 Å². The van der Waals surface area contributed by atoms with Gasteiger partial charge in [-0.3, -0.25) is 4.98 Å². The van der Waals surface area contributed by atoms with Crippen molar-refractivity contribution in [3.8, 4) is 0 Å². The Morgan fingerprint density at radius 3 is 2.84 bits per heavy atom. The number of fused-ring (bicyclic) bond motifs is 1. The molecule has 0 atom stereocenters. The maximum Gasteiger partial charge on any atom is 0.0745 e. The van der Waals surface area contributed by atoms with E-state index in [0.717, 1.165) is 28.8 Å². The van der Waals surface area contributed by atoms with Gasteiger partial charge in [-0.2, -0.15) is 0 Å². The van der Waals surface area contributed by atoms with E-state index in [1.54, 1.807) is 17.5 Å². The van der Waals surface area contributed by atoms with Crippen molar-refractivity contribution in [2.45, 2.75) is 6.54 Å². The second-order valence-corrected chi connectivity index (χ2v) is 5.55. The highest BCUT2D eigenvalue weighted by Crippen LogP contribution is 2.31. The standard InChI is InChI=1S/C15H15N3S/c1-18(10-11-5-4-8-19-11)15-12-6-2-3-7-14(12)17-9-13(15)16/h2-9H,10,16H2,1H3. The SMILES string of the molecule is CN(Cc1cccs1)c1c(N)cnc2ccccc12. The van der Waals surface area contributed by atoms with Gasteiger partial charge in [0.05, 0.1) is 29.6 Å². The van der Waals surface area contributed by atoms with Crippen molar-refractivity contribution in [2.24, 2.45) is 0 Å². The fourth-order valence-electron chi connectivity index (χ4n) is 2.28. The lowest BCUT2D eigenvalue weighted by molar-refractivity contribution is 0.946. The van der Waals surface area contributed by atoms with Crippen LogP contribution in [0.1, 0.15) is 4.88 Å². The van der Waals surface area contributed by atoms with Gasteiger partial charge < -0.3 is 10.6 Å². The zero-order valence-corrected chi connectivity index (χ0v) is 11.5. The number of hydrogen-bond acceptors (Lipinski definition) is 4. The van der Waals surface area contributed by atoms with E-state index in [1.807, 2.05) is 18.2 Å². The highest BCUT2D eigenvalue weighted by Gasteiger charge is 2.11. The molecule has 0 unspecified atom stereocenters. The number of rotatable bonds is 3. The Hall–Kier alpha value is -2.07. The maximum atomic E-state index is 6.12. The molecule has 0 bridgehead atoms. The van der Waals surface area contributed by atoms with Crippen LogP contribution >= 0.6 is 11.3 Å². The first-order valence-electron chi connectivity index (χ1n) is 6.12. The Labute approximate surface area is 116 Å². The quantitative estimate of drug-likeness (QED) is 0.791. The van der Waals surface area contributed by atoms with Crippen molar-refractivity contribution in [1.29, 1.82) is 0 Å². The Morgan fingerprint density at radius 1 is 1.21 bits per heavy atom. The molecular formula is C15H15N3S. The van der Waals surface area contributed by atoms with Crippen LogP contribution in [0.5, 0.6) is 0 Å². The average molecular weight is 269 g/mol.